The second-order valence-corrected chi connectivity index (χ2v) is 4.09. The zero-order valence-corrected chi connectivity index (χ0v) is 11.3. The van der Waals surface area contributed by atoms with E-state index >= 15 is 0 Å². The van der Waals surface area contributed by atoms with Crippen molar-refractivity contribution in [2.75, 3.05) is 13.2 Å². The molecule has 0 spiro atoms. The molecule has 2 rings (SSSR count). The van der Waals surface area contributed by atoms with Crippen molar-refractivity contribution in [3.05, 3.63) is 35.0 Å². The van der Waals surface area contributed by atoms with Crippen LogP contribution in [-0.4, -0.2) is 33.7 Å². The van der Waals surface area contributed by atoms with Crippen molar-refractivity contribution in [3.8, 4) is 0 Å². The summed E-state index contributed by atoms with van der Waals surface area (Å²) >= 11 is 0. The Balaban J connectivity index is 2.08. The zero-order valence-electron chi connectivity index (χ0n) is 11.3. The fourth-order valence-corrected chi connectivity index (χ4v) is 1.97. The van der Waals surface area contributed by atoms with Crippen LogP contribution in [0.5, 0.6) is 0 Å². The Morgan fingerprint density at radius 2 is 2.00 bits per heavy atom. The molecule has 104 valence electrons. The first-order chi connectivity index (χ1) is 9.26. The summed E-state index contributed by atoms with van der Waals surface area (Å²) < 4.78 is 14.1. The summed E-state index contributed by atoms with van der Waals surface area (Å²) in [4.78, 5) is 12.1. The molecule has 0 unspecified atom stereocenters. The topological polar surface area (TPSA) is 57.8 Å². The Labute approximate surface area is 111 Å². The summed E-state index contributed by atoms with van der Waals surface area (Å²) in [6.07, 6.45) is 5.50. The molecule has 0 N–H and O–H groups in total. The molecule has 0 saturated carbocycles. The number of aryl methyl sites for hydroxylation is 1. The lowest BCUT2D eigenvalue weighted by atomic mass is 10.4. The Morgan fingerprint density at radius 1 is 1.26 bits per heavy atom. The average Bonchev–Trinajstić information content (AvgIpc) is 2.87. The van der Waals surface area contributed by atoms with Gasteiger partial charge in [0.15, 0.2) is 6.29 Å². The monoisotopic (exact) mass is 265 g/mol. The molecule has 2 aromatic heterocycles. The van der Waals surface area contributed by atoms with E-state index in [1.54, 1.807) is 33.7 Å². The molecule has 2 aromatic rings. The Hall–Kier alpha value is -1.66. The van der Waals surface area contributed by atoms with E-state index in [1.807, 2.05) is 13.8 Å². The summed E-state index contributed by atoms with van der Waals surface area (Å²) in [6, 6.07) is 1.71. The van der Waals surface area contributed by atoms with Gasteiger partial charge in [-0.1, -0.05) is 0 Å². The molecule has 0 fully saturated rings. The lowest BCUT2D eigenvalue weighted by Gasteiger charge is -2.17. The van der Waals surface area contributed by atoms with Gasteiger partial charge in [-0.2, -0.15) is 5.10 Å². The van der Waals surface area contributed by atoms with Crippen LogP contribution >= 0.6 is 0 Å². The summed E-state index contributed by atoms with van der Waals surface area (Å²) in [6.45, 7) is 5.61. The molecule has 0 radical (unpaired) electrons. The normalized spacial score (nSPS) is 11.5. The third-order valence-electron chi connectivity index (χ3n) is 2.85. The van der Waals surface area contributed by atoms with Gasteiger partial charge >= 0.3 is 0 Å². The first kappa shape index (κ1) is 13.8. The van der Waals surface area contributed by atoms with Gasteiger partial charge in [0.1, 0.15) is 5.52 Å². The van der Waals surface area contributed by atoms with Crippen LogP contribution in [0.25, 0.3) is 5.52 Å². The van der Waals surface area contributed by atoms with Crippen molar-refractivity contribution >= 4 is 5.52 Å². The van der Waals surface area contributed by atoms with E-state index in [9.17, 15) is 4.79 Å². The third kappa shape index (κ3) is 3.21. The van der Waals surface area contributed by atoms with Gasteiger partial charge in [0, 0.05) is 38.6 Å². The molecular weight excluding hydrogens is 246 g/mol. The van der Waals surface area contributed by atoms with Gasteiger partial charge in [0.25, 0.3) is 5.56 Å². The summed E-state index contributed by atoms with van der Waals surface area (Å²) in [5, 5.41) is 4.03. The molecule has 0 saturated heterocycles. The van der Waals surface area contributed by atoms with Crippen LogP contribution in [0, 0.1) is 0 Å². The minimum atomic E-state index is -0.261. The summed E-state index contributed by atoms with van der Waals surface area (Å²) in [5.74, 6) is 0. The molecule has 6 heteroatoms. The summed E-state index contributed by atoms with van der Waals surface area (Å²) in [7, 11) is 0. The predicted octanol–water partition coefficient (Wildman–Crippen LogP) is 1.29. The summed E-state index contributed by atoms with van der Waals surface area (Å²) in [5.41, 5.74) is 0.526. The number of fused-ring (bicyclic) bond motifs is 1. The van der Waals surface area contributed by atoms with Crippen LogP contribution < -0.4 is 5.56 Å². The third-order valence-corrected chi connectivity index (χ3v) is 2.85. The highest BCUT2D eigenvalue weighted by molar-refractivity contribution is 5.42. The van der Waals surface area contributed by atoms with Crippen LogP contribution in [0.1, 0.15) is 20.3 Å². The van der Waals surface area contributed by atoms with Crippen molar-refractivity contribution in [1.82, 2.24) is 14.2 Å². The molecule has 0 amide bonds. The van der Waals surface area contributed by atoms with Crippen LogP contribution in [0.2, 0.25) is 0 Å². The van der Waals surface area contributed by atoms with E-state index in [2.05, 4.69) is 5.10 Å². The molecule has 0 bridgehead atoms. The fourth-order valence-electron chi connectivity index (χ4n) is 1.97. The van der Waals surface area contributed by atoms with Crippen LogP contribution in [0.15, 0.2) is 29.5 Å². The Bertz CT molecular complexity index is 570. The van der Waals surface area contributed by atoms with E-state index in [-0.39, 0.29) is 11.8 Å². The Morgan fingerprint density at radius 3 is 2.68 bits per heavy atom. The van der Waals surface area contributed by atoms with Gasteiger partial charge in [-0.3, -0.25) is 4.79 Å². The second-order valence-electron chi connectivity index (χ2n) is 4.09. The van der Waals surface area contributed by atoms with E-state index < -0.39 is 0 Å². The van der Waals surface area contributed by atoms with E-state index in [1.165, 1.54) is 0 Å². The predicted molar refractivity (Wildman–Crippen MR) is 71.1 cm³/mol. The van der Waals surface area contributed by atoms with Crippen LogP contribution in [0.3, 0.4) is 0 Å². The van der Waals surface area contributed by atoms with Crippen molar-refractivity contribution in [3.63, 3.8) is 0 Å². The lowest BCUT2D eigenvalue weighted by Crippen LogP contribution is -2.25. The second kappa shape index (κ2) is 6.49. The SMILES string of the molecule is CCOC(CCn1ccn2nccc2c1=O)OCC. The smallest absolute Gasteiger partial charge is 0.276 e. The van der Waals surface area contributed by atoms with Crippen molar-refractivity contribution in [2.45, 2.75) is 33.1 Å². The molecule has 0 aromatic carbocycles. The first-order valence-electron chi connectivity index (χ1n) is 6.52. The maximum atomic E-state index is 12.1. The van der Waals surface area contributed by atoms with Gasteiger partial charge < -0.3 is 14.0 Å². The van der Waals surface area contributed by atoms with Gasteiger partial charge in [0.05, 0.1) is 6.20 Å². The van der Waals surface area contributed by atoms with Crippen LogP contribution in [-0.2, 0) is 16.0 Å². The molecular formula is C13H19N3O3. The van der Waals surface area contributed by atoms with Crippen LogP contribution in [0.4, 0.5) is 0 Å². The largest absolute Gasteiger partial charge is 0.353 e. The number of nitrogens with zero attached hydrogens (tertiary/aromatic N) is 3. The molecule has 0 aliphatic carbocycles. The fraction of sp³-hybridized carbons (Fsp3) is 0.538. The van der Waals surface area contributed by atoms with Gasteiger partial charge in [-0.15, -0.1) is 0 Å². The highest BCUT2D eigenvalue weighted by Gasteiger charge is 2.09. The minimum Gasteiger partial charge on any atom is -0.353 e. The van der Waals surface area contributed by atoms with Crippen molar-refractivity contribution < 1.29 is 9.47 Å². The van der Waals surface area contributed by atoms with Gasteiger partial charge in [0.2, 0.25) is 0 Å². The first-order valence-corrected chi connectivity index (χ1v) is 6.52. The average molecular weight is 265 g/mol. The number of rotatable bonds is 7. The van der Waals surface area contributed by atoms with E-state index in [0.29, 0.717) is 31.7 Å². The molecule has 0 aliphatic heterocycles. The van der Waals surface area contributed by atoms with Gasteiger partial charge in [-0.05, 0) is 19.9 Å². The maximum Gasteiger partial charge on any atom is 0.276 e. The standard InChI is InChI=1S/C13H19N3O3/c1-3-18-12(19-4-2)6-8-15-9-10-16-11(13(15)17)5-7-14-16/h5,7,9-10,12H,3-4,6,8H2,1-2H3. The molecule has 6 nitrogen and oxygen atoms in total. The number of hydrogen-bond donors (Lipinski definition) is 0. The zero-order chi connectivity index (χ0) is 13.7. The van der Waals surface area contributed by atoms with E-state index in [0.717, 1.165) is 0 Å². The van der Waals surface area contributed by atoms with Gasteiger partial charge in [-0.25, -0.2) is 4.52 Å². The maximum absolute atomic E-state index is 12.1. The van der Waals surface area contributed by atoms with Crippen molar-refractivity contribution in [1.29, 1.82) is 0 Å². The Kier molecular flexibility index (Phi) is 4.70. The lowest BCUT2D eigenvalue weighted by molar-refractivity contribution is -0.141. The highest BCUT2D eigenvalue weighted by Crippen LogP contribution is 2.03. The quantitative estimate of drug-likeness (QED) is 0.708. The number of hydrogen-bond acceptors (Lipinski definition) is 4. The van der Waals surface area contributed by atoms with E-state index in [4.69, 9.17) is 9.47 Å². The number of aromatic nitrogens is 3. The molecule has 2 heterocycles. The molecule has 0 atom stereocenters. The minimum absolute atomic E-state index is 0.0493. The highest BCUT2D eigenvalue weighted by atomic mass is 16.7. The molecule has 0 aliphatic rings. The van der Waals surface area contributed by atoms with Crippen molar-refractivity contribution in [2.24, 2.45) is 0 Å². The number of ether oxygens (including phenoxy) is 2. The molecule has 19 heavy (non-hydrogen) atoms.